The second kappa shape index (κ2) is 7.03. The van der Waals surface area contributed by atoms with Crippen molar-refractivity contribution in [2.75, 3.05) is 20.1 Å². The third-order valence-electron chi connectivity index (χ3n) is 4.10. The van der Waals surface area contributed by atoms with E-state index in [2.05, 4.69) is 5.32 Å². The lowest BCUT2D eigenvalue weighted by atomic mass is 9.83. The van der Waals surface area contributed by atoms with E-state index in [1.807, 2.05) is 0 Å². The topological polar surface area (TPSA) is 47.6 Å². The molecule has 4 nitrogen and oxygen atoms in total. The molecule has 0 aliphatic heterocycles. The van der Waals surface area contributed by atoms with Crippen LogP contribution in [0.25, 0.3) is 0 Å². The SMILES string of the molecule is COc1ccc(OC)c(C(=O)NC2(CCl)CCCCC2)c1. The van der Waals surface area contributed by atoms with Gasteiger partial charge in [0, 0.05) is 5.88 Å². The van der Waals surface area contributed by atoms with Gasteiger partial charge in [-0.2, -0.15) is 0 Å². The highest BCUT2D eigenvalue weighted by Crippen LogP contribution is 2.31. The van der Waals surface area contributed by atoms with Crippen LogP contribution < -0.4 is 14.8 Å². The zero-order chi connectivity index (χ0) is 15.3. The second-order valence-corrected chi connectivity index (χ2v) is 5.76. The monoisotopic (exact) mass is 311 g/mol. The molecule has 0 aromatic heterocycles. The van der Waals surface area contributed by atoms with Crippen LogP contribution in [0, 0.1) is 0 Å². The number of ether oxygens (including phenoxy) is 2. The van der Waals surface area contributed by atoms with Crippen molar-refractivity contribution in [1.29, 1.82) is 0 Å². The lowest BCUT2D eigenvalue weighted by Crippen LogP contribution is -2.51. The molecule has 1 N–H and O–H groups in total. The molecule has 1 aromatic carbocycles. The number of hydrogen-bond donors (Lipinski definition) is 1. The van der Waals surface area contributed by atoms with Gasteiger partial charge in [-0.15, -0.1) is 11.6 Å². The van der Waals surface area contributed by atoms with Gasteiger partial charge in [-0.1, -0.05) is 19.3 Å². The van der Waals surface area contributed by atoms with Crippen LogP contribution in [0.4, 0.5) is 0 Å². The first-order valence-corrected chi connectivity index (χ1v) is 7.78. The Balaban J connectivity index is 2.22. The van der Waals surface area contributed by atoms with Gasteiger partial charge in [0.1, 0.15) is 11.5 Å². The first-order chi connectivity index (χ1) is 10.1. The number of carbonyl (C=O) groups excluding carboxylic acids is 1. The molecule has 1 aliphatic carbocycles. The average molecular weight is 312 g/mol. The van der Waals surface area contributed by atoms with Gasteiger partial charge < -0.3 is 14.8 Å². The molecular formula is C16H22ClNO3. The van der Waals surface area contributed by atoms with Crippen molar-refractivity contribution >= 4 is 17.5 Å². The Morgan fingerprint density at radius 2 is 1.95 bits per heavy atom. The molecule has 5 heteroatoms. The first kappa shape index (κ1) is 16.0. The van der Waals surface area contributed by atoms with E-state index in [1.165, 1.54) is 6.42 Å². The lowest BCUT2D eigenvalue weighted by Gasteiger charge is -2.36. The van der Waals surface area contributed by atoms with Crippen LogP contribution in [0.15, 0.2) is 18.2 Å². The minimum atomic E-state index is -0.301. The standard InChI is InChI=1S/C16H22ClNO3/c1-20-12-6-7-14(21-2)13(10-12)15(19)18-16(11-17)8-4-3-5-9-16/h6-7,10H,3-5,8-9,11H2,1-2H3,(H,18,19). The van der Waals surface area contributed by atoms with Crippen LogP contribution in [0.2, 0.25) is 0 Å². The number of rotatable bonds is 5. The summed E-state index contributed by atoms with van der Waals surface area (Å²) < 4.78 is 10.5. The van der Waals surface area contributed by atoms with Crippen molar-refractivity contribution < 1.29 is 14.3 Å². The summed E-state index contributed by atoms with van der Waals surface area (Å²) in [5.41, 5.74) is 0.178. The predicted octanol–water partition coefficient (Wildman–Crippen LogP) is 3.38. The molecule has 0 radical (unpaired) electrons. The Kier molecular flexibility index (Phi) is 5.34. The maximum absolute atomic E-state index is 12.6. The minimum absolute atomic E-state index is 0.159. The molecule has 2 rings (SSSR count). The highest BCUT2D eigenvalue weighted by molar-refractivity contribution is 6.19. The molecule has 1 fully saturated rings. The van der Waals surface area contributed by atoms with E-state index in [-0.39, 0.29) is 11.4 Å². The van der Waals surface area contributed by atoms with Crippen molar-refractivity contribution in [3.05, 3.63) is 23.8 Å². The number of amides is 1. The van der Waals surface area contributed by atoms with Gasteiger partial charge in [-0.25, -0.2) is 0 Å². The number of halogens is 1. The van der Waals surface area contributed by atoms with E-state index < -0.39 is 0 Å². The molecule has 0 unspecified atom stereocenters. The summed E-state index contributed by atoms with van der Waals surface area (Å²) in [5, 5.41) is 3.12. The van der Waals surface area contributed by atoms with Crippen LogP contribution in [0.1, 0.15) is 42.5 Å². The number of carbonyl (C=O) groups is 1. The zero-order valence-corrected chi connectivity index (χ0v) is 13.3. The van der Waals surface area contributed by atoms with Gasteiger partial charge in [-0.3, -0.25) is 4.79 Å². The smallest absolute Gasteiger partial charge is 0.255 e. The number of alkyl halides is 1. The Morgan fingerprint density at radius 1 is 1.24 bits per heavy atom. The number of nitrogens with one attached hydrogen (secondary N) is 1. The molecule has 21 heavy (non-hydrogen) atoms. The van der Waals surface area contributed by atoms with E-state index in [0.717, 1.165) is 25.7 Å². The molecule has 1 aromatic rings. The van der Waals surface area contributed by atoms with Gasteiger partial charge in [0.05, 0.1) is 25.3 Å². The third kappa shape index (κ3) is 3.62. The molecule has 0 spiro atoms. The summed E-state index contributed by atoms with van der Waals surface area (Å²) in [4.78, 5) is 12.6. The largest absolute Gasteiger partial charge is 0.497 e. The molecule has 1 saturated carbocycles. The summed E-state index contributed by atoms with van der Waals surface area (Å²) >= 11 is 6.13. The summed E-state index contributed by atoms with van der Waals surface area (Å²) in [6.07, 6.45) is 5.25. The van der Waals surface area contributed by atoms with Crippen LogP contribution >= 0.6 is 11.6 Å². The van der Waals surface area contributed by atoms with Gasteiger partial charge in [0.15, 0.2) is 0 Å². The molecule has 1 aliphatic rings. The van der Waals surface area contributed by atoms with Crippen molar-refractivity contribution in [3.63, 3.8) is 0 Å². The van der Waals surface area contributed by atoms with Crippen molar-refractivity contribution in [2.24, 2.45) is 0 Å². The Bertz CT molecular complexity index is 498. The van der Waals surface area contributed by atoms with E-state index in [4.69, 9.17) is 21.1 Å². The van der Waals surface area contributed by atoms with Gasteiger partial charge in [0.2, 0.25) is 0 Å². The summed E-state index contributed by atoms with van der Waals surface area (Å²) in [7, 11) is 3.13. The Labute approximate surface area is 130 Å². The molecule has 1 amide bonds. The van der Waals surface area contributed by atoms with E-state index >= 15 is 0 Å². The maximum Gasteiger partial charge on any atom is 0.255 e. The lowest BCUT2D eigenvalue weighted by molar-refractivity contribution is 0.0881. The average Bonchev–Trinajstić information content (AvgIpc) is 2.55. The van der Waals surface area contributed by atoms with E-state index in [1.54, 1.807) is 32.4 Å². The summed E-state index contributed by atoms with van der Waals surface area (Å²) in [5.74, 6) is 1.44. The Hall–Kier alpha value is -1.42. The number of hydrogen-bond acceptors (Lipinski definition) is 3. The van der Waals surface area contributed by atoms with Crippen LogP contribution in [-0.4, -0.2) is 31.5 Å². The zero-order valence-electron chi connectivity index (χ0n) is 12.6. The highest BCUT2D eigenvalue weighted by Gasteiger charge is 2.33. The molecule has 116 valence electrons. The predicted molar refractivity (Wildman–Crippen MR) is 83.5 cm³/mol. The van der Waals surface area contributed by atoms with Gasteiger partial charge in [-0.05, 0) is 31.0 Å². The molecule has 0 bridgehead atoms. The highest BCUT2D eigenvalue weighted by atomic mass is 35.5. The maximum atomic E-state index is 12.6. The van der Waals surface area contributed by atoms with E-state index in [9.17, 15) is 4.79 Å². The molecule has 0 saturated heterocycles. The minimum Gasteiger partial charge on any atom is -0.497 e. The number of benzene rings is 1. The second-order valence-electron chi connectivity index (χ2n) is 5.49. The fourth-order valence-electron chi connectivity index (χ4n) is 2.82. The molecular weight excluding hydrogens is 290 g/mol. The molecule has 0 heterocycles. The normalized spacial score (nSPS) is 17.1. The van der Waals surface area contributed by atoms with Crippen LogP contribution in [0.3, 0.4) is 0 Å². The third-order valence-corrected chi connectivity index (χ3v) is 4.61. The van der Waals surface area contributed by atoms with Crippen LogP contribution in [-0.2, 0) is 0 Å². The summed E-state index contributed by atoms with van der Waals surface area (Å²) in [6.45, 7) is 0. The van der Waals surface area contributed by atoms with Crippen molar-refractivity contribution in [1.82, 2.24) is 5.32 Å². The van der Waals surface area contributed by atoms with Gasteiger partial charge >= 0.3 is 0 Å². The quantitative estimate of drug-likeness (QED) is 0.848. The van der Waals surface area contributed by atoms with E-state index in [0.29, 0.717) is 22.9 Å². The van der Waals surface area contributed by atoms with Crippen LogP contribution in [0.5, 0.6) is 11.5 Å². The Morgan fingerprint density at radius 3 is 2.52 bits per heavy atom. The van der Waals surface area contributed by atoms with Gasteiger partial charge in [0.25, 0.3) is 5.91 Å². The van der Waals surface area contributed by atoms with Crippen molar-refractivity contribution in [3.8, 4) is 11.5 Å². The summed E-state index contributed by atoms with van der Waals surface area (Å²) in [6, 6.07) is 5.20. The number of methoxy groups -OCH3 is 2. The van der Waals surface area contributed by atoms with Crippen molar-refractivity contribution in [2.45, 2.75) is 37.6 Å². The molecule has 0 atom stereocenters. The first-order valence-electron chi connectivity index (χ1n) is 7.24. The fourth-order valence-corrected chi connectivity index (χ4v) is 3.15. The fraction of sp³-hybridized carbons (Fsp3) is 0.562.